The van der Waals surface area contributed by atoms with Crippen LogP contribution in [0.1, 0.15) is 28.6 Å². The van der Waals surface area contributed by atoms with E-state index in [1.165, 1.54) is 22.1 Å². The number of amides is 2. The molecule has 2 amide bonds. The predicted octanol–water partition coefficient (Wildman–Crippen LogP) is 0.860. The van der Waals surface area contributed by atoms with Crippen LogP contribution in [0.2, 0.25) is 0 Å². The van der Waals surface area contributed by atoms with E-state index >= 15 is 0 Å². The SMILES string of the molecule is CC.CC1CN(O)C1.NCCCN1C(=O)C=CC1=O.[HH]. The molecule has 0 radical (unpaired) electrons. The summed E-state index contributed by atoms with van der Waals surface area (Å²) in [6, 6.07) is 0. The third-order valence-corrected chi connectivity index (χ3v) is 2.53. The molecule has 19 heavy (non-hydrogen) atoms. The topological polar surface area (TPSA) is 86.9 Å². The van der Waals surface area contributed by atoms with Crippen molar-refractivity contribution >= 4 is 11.8 Å². The number of hydrogen-bond acceptors (Lipinski definition) is 5. The van der Waals surface area contributed by atoms with Gasteiger partial charge < -0.3 is 10.9 Å². The van der Waals surface area contributed by atoms with Crippen molar-refractivity contribution in [3.63, 3.8) is 0 Å². The third kappa shape index (κ3) is 6.47. The van der Waals surface area contributed by atoms with Crippen LogP contribution in [0.4, 0.5) is 0 Å². The van der Waals surface area contributed by atoms with E-state index < -0.39 is 0 Å². The van der Waals surface area contributed by atoms with Gasteiger partial charge in [0.15, 0.2) is 0 Å². The van der Waals surface area contributed by atoms with E-state index in [4.69, 9.17) is 10.9 Å². The smallest absolute Gasteiger partial charge is 0.253 e. The number of hydroxylamine groups is 2. The van der Waals surface area contributed by atoms with Gasteiger partial charge in [-0.05, 0) is 18.9 Å². The van der Waals surface area contributed by atoms with E-state index in [2.05, 4.69) is 6.92 Å². The Morgan fingerprint density at radius 1 is 1.32 bits per heavy atom. The Labute approximate surface area is 116 Å². The van der Waals surface area contributed by atoms with Gasteiger partial charge in [0.05, 0.1) is 0 Å². The maximum atomic E-state index is 10.9. The Balaban J connectivity index is 0. The van der Waals surface area contributed by atoms with Gasteiger partial charge >= 0.3 is 0 Å². The van der Waals surface area contributed by atoms with Crippen LogP contribution >= 0.6 is 0 Å². The number of rotatable bonds is 3. The molecule has 0 spiro atoms. The molecule has 0 aromatic carbocycles. The van der Waals surface area contributed by atoms with Gasteiger partial charge in [-0.2, -0.15) is 5.06 Å². The number of hydrogen-bond donors (Lipinski definition) is 2. The molecule has 2 aliphatic heterocycles. The second-order valence-corrected chi connectivity index (χ2v) is 4.28. The third-order valence-electron chi connectivity index (χ3n) is 2.53. The minimum Gasteiger partial charge on any atom is -0.330 e. The highest BCUT2D eigenvalue weighted by molar-refractivity contribution is 6.12. The zero-order chi connectivity index (χ0) is 14.8. The van der Waals surface area contributed by atoms with Crippen molar-refractivity contribution in [2.75, 3.05) is 26.2 Å². The molecule has 2 rings (SSSR count). The molecule has 2 heterocycles. The van der Waals surface area contributed by atoms with Gasteiger partial charge in [-0.15, -0.1) is 0 Å². The van der Waals surface area contributed by atoms with Crippen LogP contribution in [0.25, 0.3) is 0 Å². The maximum Gasteiger partial charge on any atom is 0.253 e. The molecule has 0 saturated carbocycles. The molecule has 112 valence electrons. The summed E-state index contributed by atoms with van der Waals surface area (Å²) in [6.07, 6.45) is 3.22. The molecule has 0 bridgehead atoms. The molecule has 0 unspecified atom stereocenters. The van der Waals surface area contributed by atoms with Crippen molar-refractivity contribution < 1.29 is 16.2 Å². The Morgan fingerprint density at radius 3 is 2.05 bits per heavy atom. The molecule has 2 aliphatic rings. The summed E-state index contributed by atoms with van der Waals surface area (Å²) in [5.74, 6) is 0.252. The normalized spacial score (nSPS) is 18.5. The monoisotopic (exact) mass is 273 g/mol. The zero-order valence-corrected chi connectivity index (χ0v) is 12.0. The second kappa shape index (κ2) is 9.66. The lowest BCUT2D eigenvalue weighted by Gasteiger charge is -2.30. The van der Waals surface area contributed by atoms with Crippen molar-refractivity contribution in [2.45, 2.75) is 27.2 Å². The summed E-state index contributed by atoms with van der Waals surface area (Å²) in [5, 5.41) is 9.78. The molecule has 1 saturated heterocycles. The van der Waals surface area contributed by atoms with Crippen molar-refractivity contribution in [1.82, 2.24) is 9.96 Å². The molecule has 1 fully saturated rings. The van der Waals surface area contributed by atoms with Crippen LogP contribution in [0.3, 0.4) is 0 Å². The molecular formula is C13H27N3O3. The van der Waals surface area contributed by atoms with Gasteiger partial charge in [0, 0.05) is 33.2 Å². The van der Waals surface area contributed by atoms with E-state index in [0.717, 1.165) is 19.0 Å². The lowest BCUT2D eigenvalue weighted by Crippen LogP contribution is -2.42. The van der Waals surface area contributed by atoms with E-state index in [9.17, 15) is 9.59 Å². The van der Waals surface area contributed by atoms with Crippen molar-refractivity contribution in [1.29, 1.82) is 0 Å². The Morgan fingerprint density at radius 2 is 1.79 bits per heavy atom. The van der Waals surface area contributed by atoms with Crippen LogP contribution in [0.5, 0.6) is 0 Å². The number of carbonyl (C=O) groups excluding carboxylic acids is 2. The van der Waals surface area contributed by atoms with Gasteiger partial charge in [-0.3, -0.25) is 14.5 Å². The summed E-state index contributed by atoms with van der Waals surface area (Å²) in [4.78, 5) is 22.9. The first-order chi connectivity index (χ1) is 9.04. The number of nitrogens with two attached hydrogens (primary N) is 1. The maximum absolute atomic E-state index is 10.9. The van der Waals surface area contributed by atoms with Crippen molar-refractivity contribution in [2.24, 2.45) is 11.7 Å². The average Bonchev–Trinajstić information content (AvgIpc) is 2.69. The molecule has 0 aromatic heterocycles. The van der Waals surface area contributed by atoms with Crippen molar-refractivity contribution in [3.8, 4) is 0 Å². The van der Waals surface area contributed by atoms with Crippen molar-refractivity contribution in [3.05, 3.63) is 12.2 Å². The molecule has 0 aliphatic carbocycles. The van der Waals surface area contributed by atoms with Crippen LogP contribution in [-0.4, -0.2) is 53.2 Å². The molecule has 0 atom stereocenters. The molecule has 3 N–H and O–H groups in total. The summed E-state index contributed by atoms with van der Waals surface area (Å²) in [5.41, 5.74) is 5.23. The highest BCUT2D eigenvalue weighted by Gasteiger charge is 2.21. The lowest BCUT2D eigenvalue weighted by atomic mass is 10.1. The van der Waals surface area contributed by atoms with Gasteiger partial charge in [-0.25, -0.2) is 0 Å². The average molecular weight is 273 g/mol. The van der Waals surface area contributed by atoms with Gasteiger partial charge in [0.1, 0.15) is 0 Å². The van der Waals surface area contributed by atoms with Crippen LogP contribution < -0.4 is 5.73 Å². The first kappa shape index (κ1) is 17.8. The summed E-state index contributed by atoms with van der Waals surface area (Å²) in [7, 11) is 0. The Bertz CT molecular complexity index is 294. The molecule has 6 nitrogen and oxygen atoms in total. The number of imide groups is 1. The minimum absolute atomic E-state index is 0. The Kier molecular flexibility index (Phi) is 9.03. The van der Waals surface area contributed by atoms with Gasteiger partial charge in [0.2, 0.25) is 0 Å². The highest BCUT2D eigenvalue weighted by Crippen LogP contribution is 2.09. The van der Waals surface area contributed by atoms with E-state index in [1.807, 2.05) is 13.8 Å². The van der Waals surface area contributed by atoms with Crippen LogP contribution in [0.15, 0.2) is 12.2 Å². The summed E-state index contributed by atoms with van der Waals surface area (Å²) >= 11 is 0. The molecule has 0 aromatic rings. The standard InChI is InChI=1S/C7H10N2O2.C4H9NO.C2H6.H2/c8-4-1-5-9-6(10)2-3-7(9)11;1-4-2-5(6)3-4;1-2;/h2-3H,1,4-5,8H2;4,6H,2-3H2,1H3;1-2H3;1H. The van der Waals surface area contributed by atoms with Crippen LogP contribution in [0, 0.1) is 5.92 Å². The summed E-state index contributed by atoms with van der Waals surface area (Å²) < 4.78 is 0. The number of carbonyl (C=O) groups is 2. The largest absolute Gasteiger partial charge is 0.330 e. The highest BCUT2D eigenvalue weighted by atomic mass is 16.5. The molecule has 6 heteroatoms. The first-order valence-electron chi connectivity index (χ1n) is 6.72. The minimum atomic E-state index is -0.233. The van der Waals surface area contributed by atoms with E-state index in [0.29, 0.717) is 19.5 Å². The molecular weight excluding hydrogens is 246 g/mol. The zero-order valence-electron chi connectivity index (χ0n) is 12.0. The summed E-state index contributed by atoms with van der Waals surface area (Å²) in [6.45, 7) is 8.77. The van der Waals surface area contributed by atoms with Crippen LogP contribution in [-0.2, 0) is 9.59 Å². The quantitative estimate of drug-likeness (QED) is 0.745. The fourth-order valence-corrected chi connectivity index (χ4v) is 1.57. The van der Waals surface area contributed by atoms with E-state index in [1.54, 1.807) is 0 Å². The fourth-order valence-electron chi connectivity index (χ4n) is 1.57. The van der Waals surface area contributed by atoms with Gasteiger partial charge in [0.25, 0.3) is 11.8 Å². The van der Waals surface area contributed by atoms with Gasteiger partial charge in [-0.1, -0.05) is 20.8 Å². The second-order valence-electron chi connectivity index (χ2n) is 4.28. The first-order valence-corrected chi connectivity index (χ1v) is 6.72. The lowest BCUT2D eigenvalue weighted by molar-refractivity contribution is -0.163. The Hall–Kier alpha value is -1.24. The number of nitrogens with zero attached hydrogens (tertiary/aromatic N) is 2. The van der Waals surface area contributed by atoms with E-state index in [-0.39, 0.29) is 13.2 Å². The predicted molar refractivity (Wildman–Crippen MR) is 75.5 cm³/mol. The fraction of sp³-hybridized carbons (Fsp3) is 0.692.